The van der Waals surface area contributed by atoms with Gasteiger partial charge in [0.2, 0.25) is 0 Å². The van der Waals surface area contributed by atoms with Gasteiger partial charge in [0.05, 0.1) is 6.61 Å². The summed E-state index contributed by atoms with van der Waals surface area (Å²) < 4.78 is 54.4. The number of carbonyl (C=O) groups excluding carboxylic acids is 2. The molecule has 0 spiro atoms. The van der Waals surface area contributed by atoms with Gasteiger partial charge in [-0.3, -0.25) is 14.1 Å². The molecule has 12 nitrogen and oxygen atoms in total. The van der Waals surface area contributed by atoms with Crippen LogP contribution in [0.25, 0.3) is 0 Å². The van der Waals surface area contributed by atoms with E-state index < -0.39 is 71.2 Å². The van der Waals surface area contributed by atoms with Gasteiger partial charge in [0.15, 0.2) is 12.4 Å². The summed E-state index contributed by atoms with van der Waals surface area (Å²) in [6, 6.07) is 0. The second kappa shape index (κ2) is 46.9. The molecule has 412 valence electrons. The van der Waals surface area contributed by atoms with Crippen LogP contribution in [0.15, 0.2) is 24.3 Å². The largest absolute Gasteiger partial charge is 0.462 e. The molecule has 0 aromatic carbocycles. The molecule has 1 heterocycles. The topological polar surface area (TPSA) is 186 Å². The maximum atomic E-state index is 12.9. The van der Waals surface area contributed by atoms with Crippen LogP contribution in [0.1, 0.15) is 271 Å². The Morgan fingerprint density at radius 1 is 0.471 bits per heavy atom. The lowest BCUT2D eigenvalue weighted by molar-refractivity contribution is -0.297. The van der Waals surface area contributed by atoms with Crippen molar-refractivity contribution in [3.05, 3.63) is 24.3 Å². The number of hydrogen-bond donors (Lipinski definition) is 4. The van der Waals surface area contributed by atoms with Gasteiger partial charge in [0, 0.05) is 12.8 Å². The number of unbranched alkanes of at least 4 members (excludes halogenated alkanes) is 34. The number of rotatable bonds is 50. The molecule has 6 atom stereocenters. The zero-order chi connectivity index (χ0) is 51.2. The molecule has 4 N–H and O–H groups in total. The molecule has 0 bridgehead atoms. The Kier molecular flexibility index (Phi) is 44.3. The molecular weight excluding hydrogens is 909 g/mol. The molecule has 1 aliphatic heterocycles. The first-order valence-electron chi connectivity index (χ1n) is 28.9. The molecule has 0 aliphatic carbocycles. The van der Waals surface area contributed by atoms with E-state index in [1.165, 1.54) is 193 Å². The van der Waals surface area contributed by atoms with Crippen LogP contribution < -0.4 is 0 Å². The summed E-state index contributed by atoms with van der Waals surface area (Å²) in [6.07, 6.45) is 46.4. The maximum Gasteiger partial charge on any atom is 0.306 e. The summed E-state index contributed by atoms with van der Waals surface area (Å²) in [5.74, 6) is -1.97. The minimum atomic E-state index is -4.61. The van der Waals surface area contributed by atoms with Gasteiger partial charge in [-0.1, -0.05) is 218 Å². The Morgan fingerprint density at radius 3 is 1.19 bits per heavy atom. The van der Waals surface area contributed by atoms with Crippen molar-refractivity contribution in [1.82, 2.24) is 0 Å². The molecule has 1 saturated heterocycles. The van der Waals surface area contributed by atoms with Crippen LogP contribution in [0.5, 0.6) is 0 Å². The van der Waals surface area contributed by atoms with E-state index in [0.29, 0.717) is 12.8 Å². The van der Waals surface area contributed by atoms with Gasteiger partial charge >= 0.3 is 11.9 Å². The predicted molar refractivity (Wildman–Crippen MR) is 284 cm³/mol. The highest BCUT2D eigenvalue weighted by Crippen LogP contribution is 2.24. The average Bonchev–Trinajstić information content (AvgIpc) is 3.33. The quantitative estimate of drug-likeness (QED) is 0.0196. The minimum absolute atomic E-state index is 0.166. The smallest absolute Gasteiger partial charge is 0.306 e. The summed E-state index contributed by atoms with van der Waals surface area (Å²) in [7, 11) is -4.61. The van der Waals surface area contributed by atoms with Gasteiger partial charge in [-0.25, -0.2) is 0 Å². The van der Waals surface area contributed by atoms with Crippen molar-refractivity contribution in [2.45, 2.75) is 307 Å². The Balaban J connectivity index is 2.30. The molecule has 0 aromatic heterocycles. The van der Waals surface area contributed by atoms with E-state index in [4.69, 9.17) is 18.9 Å². The third kappa shape index (κ3) is 40.6. The van der Waals surface area contributed by atoms with E-state index in [1.54, 1.807) is 0 Å². The van der Waals surface area contributed by atoms with Gasteiger partial charge in [-0.05, 0) is 64.2 Å². The lowest BCUT2D eigenvalue weighted by atomic mass is 10.00. The Labute approximate surface area is 428 Å². The van der Waals surface area contributed by atoms with Gasteiger partial charge < -0.3 is 34.3 Å². The Hall–Kier alpha value is -1.87. The van der Waals surface area contributed by atoms with Crippen molar-refractivity contribution in [2.24, 2.45) is 0 Å². The monoisotopic (exact) mass is 1010 g/mol. The number of esters is 2. The number of aliphatic hydroxyl groups excluding tert-OH is 3. The normalized spacial score (nSPS) is 19.1. The molecule has 1 aliphatic rings. The Morgan fingerprint density at radius 2 is 0.814 bits per heavy atom. The van der Waals surface area contributed by atoms with Gasteiger partial charge in [-0.2, -0.15) is 8.42 Å². The van der Waals surface area contributed by atoms with Crippen LogP contribution in [0.4, 0.5) is 0 Å². The number of allylic oxidation sites excluding steroid dienone is 4. The first-order valence-corrected chi connectivity index (χ1v) is 30.5. The highest BCUT2D eigenvalue weighted by Gasteiger charge is 2.46. The third-order valence-electron chi connectivity index (χ3n) is 13.5. The van der Waals surface area contributed by atoms with Crippen molar-refractivity contribution in [2.75, 3.05) is 19.0 Å². The zero-order valence-electron chi connectivity index (χ0n) is 44.6. The lowest BCUT2D eigenvalue weighted by Gasteiger charge is -2.40. The number of carbonyl (C=O) groups is 2. The number of ether oxygens (including phenoxy) is 4. The number of aliphatic hydroxyl groups is 3. The van der Waals surface area contributed by atoms with E-state index in [2.05, 4.69) is 38.2 Å². The fourth-order valence-electron chi connectivity index (χ4n) is 9.02. The number of hydrogen-bond acceptors (Lipinski definition) is 11. The maximum absolute atomic E-state index is 12.9. The van der Waals surface area contributed by atoms with E-state index in [9.17, 15) is 37.9 Å². The van der Waals surface area contributed by atoms with Crippen LogP contribution in [0.3, 0.4) is 0 Å². The SMILES string of the molecule is CCCCCCCC/C=C/CCCCCCCCCCCCCC(=O)OC[C@H](CO[C@H]1O[C@H](CS(=O)(=O)O)[C@@H](O)C(O)C1O)OC(=O)CCCCCCCCCCCCC/C=C/CCCCCCCC. The van der Waals surface area contributed by atoms with E-state index in [-0.39, 0.29) is 19.4 Å². The molecular formula is C57H106O12S. The standard InChI is InChI=1S/C57H106O12S/c1-3-5-7-9-11-13-15-17-19-21-23-25-27-29-31-33-35-37-39-41-43-45-52(58)66-47-50(48-67-57-56(62)55(61)54(60)51(69-57)49-70(63,64)65)68-53(59)46-44-42-40-38-36-34-32-30-28-26-24-22-20-18-16-14-12-10-8-6-4-2/h17-20,50-51,54-57,60-62H,3-16,21-49H2,1-2H3,(H,63,64,65)/b19-17+,20-18+/t50-,51-,54-,55?,56?,57+/m1/s1. The third-order valence-corrected chi connectivity index (χ3v) is 14.3. The second-order valence-corrected chi connectivity index (χ2v) is 21.8. The molecule has 0 amide bonds. The summed E-state index contributed by atoms with van der Waals surface area (Å²) in [6.45, 7) is 3.81. The van der Waals surface area contributed by atoms with Crippen molar-refractivity contribution in [1.29, 1.82) is 0 Å². The fourth-order valence-corrected chi connectivity index (χ4v) is 9.71. The van der Waals surface area contributed by atoms with Gasteiger partial charge in [0.25, 0.3) is 10.1 Å². The van der Waals surface area contributed by atoms with E-state index in [1.807, 2.05) is 0 Å². The highest BCUT2D eigenvalue weighted by atomic mass is 32.2. The summed E-state index contributed by atoms with van der Waals surface area (Å²) >= 11 is 0. The van der Waals surface area contributed by atoms with Crippen LogP contribution >= 0.6 is 0 Å². The molecule has 1 fully saturated rings. The van der Waals surface area contributed by atoms with Crippen LogP contribution in [-0.2, 0) is 38.7 Å². The minimum Gasteiger partial charge on any atom is -0.462 e. The van der Waals surface area contributed by atoms with Gasteiger partial charge in [0.1, 0.15) is 36.8 Å². The molecule has 1 rings (SSSR count). The van der Waals surface area contributed by atoms with Crippen LogP contribution in [0, 0.1) is 0 Å². The zero-order valence-corrected chi connectivity index (χ0v) is 45.5. The molecule has 70 heavy (non-hydrogen) atoms. The molecule has 0 saturated carbocycles. The Bertz CT molecular complexity index is 1370. The van der Waals surface area contributed by atoms with Crippen molar-refractivity contribution in [3.63, 3.8) is 0 Å². The van der Waals surface area contributed by atoms with E-state index in [0.717, 1.165) is 38.5 Å². The molecule has 13 heteroatoms. The molecule has 0 aromatic rings. The first-order chi connectivity index (χ1) is 34.0. The predicted octanol–water partition coefficient (Wildman–Crippen LogP) is 13.9. The summed E-state index contributed by atoms with van der Waals surface area (Å²) in [5.41, 5.74) is 0. The summed E-state index contributed by atoms with van der Waals surface area (Å²) in [4.78, 5) is 25.6. The first kappa shape index (κ1) is 66.1. The molecule has 2 unspecified atom stereocenters. The van der Waals surface area contributed by atoms with Crippen molar-refractivity contribution < 1.29 is 56.8 Å². The average molecular weight is 1020 g/mol. The van der Waals surface area contributed by atoms with E-state index >= 15 is 0 Å². The summed E-state index contributed by atoms with van der Waals surface area (Å²) in [5, 5.41) is 31.1. The fraction of sp³-hybridized carbons (Fsp3) is 0.895. The lowest BCUT2D eigenvalue weighted by Crippen LogP contribution is -2.60. The van der Waals surface area contributed by atoms with Crippen molar-refractivity contribution >= 4 is 22.1 Å². The highest BCUT2D eigenvalue weighted by molar-refractivity contribution is 7.85. The van der Waals surface area contributed by atoms with Crippen molar-refractivity contribution in [3.8, 4) is 0 Å². The second-order valence-electron chi connectivity index (χ2n) is 20.3. The molecule has 0 radical (unpaired) electrons. The van der Waals surface area contributed by atoms with Gasteiger partial charge in [-0.15, -0.1) is 0 Å². The van der Waals surface area contributed by atoms with Crippen LogP contribution in [0.2, 0.25) is 0 Å². The van der Waals surface area contributed by atoms with Crippen LogP contribution in [-0.4, -0.2) is 96.0 Å².